The number of aryl methyl sites for hydroxylation is 1. The van der Waals surface area contributed by atoms with Gasteiger partial charge in [0.05, 0.1) is 12.6 Å². The average molecular weight is 290 g/mol. The molecule has 2 aliphatic rings. The van der Waals surface area contributed by atoms with Crippen LogP contribution in [0.5, 0.6) is 0 Å². The van der Waals surface area contributed by atoms with E-state index >= 15 is 0 Å². The van der Waals surface area contributed by atoms with E-state index in [1.54, 1.807) is 0 Å². The third-order valence-corrected chi connectivity index (χ3v) is 5.45. The molecule has 0 radical (unpaired) electrons. The Hall–Kier alpha value is -1.13. The van der Waals surface area contributed by atoms with Crippen LogP contribution in [0.15, 0.2) is 6.07 Å². The average Bonchev–Trinajstić information content (AvgIpc) is 3.06. The van der Waals surface area contributed by atoms with Crippen molar-refractivity contribution in [1.29, 1.82) is 0 Å². The van der Waals surface area contributed by atoms with E-state index < -0.39 is 0 Å². The van der Waals surface area contributed by atoms with E-state index in [4.69, 9.17) is 0 Å². The summed E-state index contributed by atoms with van der Waals surface area (Å²) in [5.41, 5.74) is 3.11. The number of Topliss-reactive ketones (excluding diaryl/α,β-unsaturated/α-hetero) is 1. The van der Waals surface area contributed by atoms with Gasteiger partial charge in [-0.2, -0.15) is 0 Å². The van der Waals surface area contributed by atoms with Crippen LogP contribution in [0.3, 0.4) is 0 Å². The van der Waals surface area contributed by atoms with Crippen LogP contribution in [0.1, 0.15) is 41.5 Å². The quantitative estimate of drug-likeness (QED) is 0.863. The third kappa shape index (κ3) is 2.55. The van der Waals surface area contributed by atoms with E-state index in [2.05, 4.69) is 23.3 Å². The third-order valence-electron chi connectivity index (χ3n) is 5.45. The Bertz CT molecular complexity index is 549. The molecule has 4 nitrogen and oxygen atoms in total. The van der Waals surface area contributed by atoms with Crippen molar-refractivity contribution in [2.24, 2.45) is 11.8 Å². The molecule has 0 bridgehead atoms. The lowest BCUT2D eigenvalue weighted by Crippen LogP contribution is -2.30. The Kier molecular flexibility index (Phi) is 3.93. The van der Waals surface area contributed by atoms with E-state index in [0.717, 1.165) is 49.4 Å². The van der Waals surface area contributed by atoms with Crippen LogP contribution in [0.25, 0.3) is 0 Å². The van der Waals surface area contributed by atoms with Gasteiger partial charge in [0.25, 0.3) is 0 Å². The zero-order chi connectivity index (χ0) is 15.1. The van der Waals surface area contributed by atoms with Crippen molar-refractivity contribution in [1.82, 2.24) is 9.47 Å². The molecule has 2 heterocycles. The van der Waals surface area contributed by atoms with E-state index in [9.17, 15) is 9.90 Å². The van der Waals surface area contributed by atoms with Crippen molar-refractivity contribution >= 4 is 5.78 Å². The van der Waals surface area contributed by atoms with Crippen LogP contribution in [0.2, 0.25) is 0 Å². The maximum Gasteiger partial charge on any atom is 0.178 e. The second-order valence-electron chi connectivity index (χ2n) is 6.71. The fraction of sp³-hybridized carbons (Fsp3) is 0.706. The van der Waals surface area contributed by atoms with Gasteiger partial charge in [-0.25, -0.2) is 0 Å². The Morgan fingerprint density at radius 2 is 2.10 bits per heavy atom. The molecule has 3 rings (SSSR count). The molecule has 0 spiro atoms. The van der Waals surface area contributed by atoms with Gasteiger partial charge in [0.2, 0.25) is 0 Å². The van der Waals surface area contributed by atoms with E-state index in [1.165, 1.54) is 0 Å². The predicted molar refractivity (Wildman–Crippen MR) is 82.6 cm³/mol. The predicted octanol–water partition coefficient (Wildman–Crippen LogP) is 2.01. The highest BCUT2D eigenvalue weighted by Gasteiger charge is 2.42. The molecule has 1 aromatic heterocycles. The second kappa shape index (κ2) is 5.58. The number of hydrogen-bond donors (Lipinski definition) is 1. The molecule has 3 unspecified atom stereocenters. The summed E-state index contributed by atoms with van der Waals surface area (Å²) >= 11 is 0. The first kappa shape index (κ1) is 14.8. The maximum absolute atomic E-state index is 12.6. The summed E-state index contributed by atoms with van der Waals surface area (Å²) in [4.78, 5) is 14.8. The zero-order valence-electron chi connectivity index (χ0n) is 13.3. The smallest absolute Gasteiger partial charge is 0.178 e. The van der Waals surface area contributed by atoms with E-state index in [0.29, 0.717) is 18.4 Å². The zero-order valence-corrected chi connectivity index (χ0v) is 13.3. The molecule has 0 amide bonds. The van der Waals surface area contributed by atoms with Gasteiger partial charge in [-0.15, -0.1) is 0 Å². The number of nitrogens with zero attached hydrogens (tertiary/aromatic N) is 2. The maximum atomic E-state index is 12.6. The van der Waals surface area contributed by atoms with Crippen LogP contribution in [0.4, 0.5) is 0 Å². The van der Waals surface area contributed by atoms with Gasteiger partial charge >= 0.3 is 0 Å². The van der Waals surface area contributed by atoms with Crippen LogP contribution >= 0.6 is 0 Å². The molecule has 1 aliphatic heterocycles. The molecular formula is C17H26N2O2. The highest BCUT2D eigenvalue weighted by Crippen LogP contribution is 2.38. The molecule has 1 aromatic rings. The molecule has 4 heteroatoms. The molecule has 21 heavy (non-hydrogen) atoms. The standard InChI is InChI=1S/C17H26N2O2/c1-4-19-11(2)7-14(12(19)3)17(21)10-18-8-13-5-6-16(20)15(13)9-18/h7,13,15-16,20H,4-6,8-10H2,1-3H3. The normalized spacial score (nSPS) is 29.0. The van der Waals surface area contributed by atoms with Crippen molar-refractivity contribution in [2.45, 2.75) is 46.3 Å². The lowest BCUT2D eigenvalue weighted by atomic mass is 10.00. The number of aromatic nitrogens is 1. The number of ketones is 1. The minimum Gasteiger partial charge on any atom is -0.393 e. The molecule has 1 saturated heterocycles. The summed E-state index contributed by atoms with van der Waals surface area (Å²) in [6.45, 7) is 9.45. The first-order chi connectivity index (χ1) is 10.0. The number of hydrogen-bond acceptors (Lipinski definition) is 3. The summed E-state index contributed by atoms with van der Waals surface area (Å²) in [6, 6.07) is 2.02. The molecular weight excluding hydrogens is 264 g/mol. The molecule has 116 valence electrons. The highest BCUT2D eigenvalue weighted by molar-refractivity contribution is 5.99. The van der Waals surface area contributed by atoms with Gasteiger partial charge < -0.3 is 9.67 Å². The molecule has 0 aromatic carbocycles. The van der Waals surface area contributed by atoms with Gasteiger partial charge in [0.15, 0.2) is 5.78 Å². The minimum atomic E-state index is -0.153. The summed E-state index contributed by atoms with van der Waals surface area (Å²) in [7, 11) is 0. The number of aliphatic hydroxyl groups excluding tert-OH is 1. The van der Waals surface area contributed by atoms with Gasteiger partial charge in [-0.3, -0.25) is 9.69 Å². The summed E-state index contributed by atoms with van der Waals surface area (Å²) in [6.07, 6.45) is 1.90. The van der Waals surface area contributed by atoms with Crippen molar-refractivity contribution < 1.29 is 9.90 Å². The highest BCUT2D eigenvalue weighted by atomic mass is 16.3. The summed E-state index contributed by atoms with van der Waals surface area (Å²) in [5.74, 6) is 1.20. The minimum absolute atomic E-state index is 0.153. The van der Waals surface area contributed by atoms with Crippen molar-refractivity contribution in [3.05, 3.63) is 23.0 Å². The van der Waals surface area contributed by atoms with Crippen LogP contribution < -0.4 is 0 Å². The van der Waals surface area contributed by atoms with E-state index in [1.807, 2.05) is 13.0 Å². The summed E-state index contributed by atoms with van der Waals surface area (Å²) in [5, 5.41) is 9.97. The number of fused-ring (bicyclic) bond motifs is 1. The van der Waals surface area contributed by atoms with Crippen molar-refractivity contribution in [3.63, 3.8) is 0 Å². The Labute approximate surface area is 126 Å². The number of carbonyl (C=O) groups excluding carboxylic acids is 1. The lowest BCUT2D eigenvalue weighted by molar-refractivity contribution is 0.0919. The fourth-order valence-electron chi connectivity index (χ4n) is 4.32. The van der Waals surface area contributed by atoms with Gasteiger partial charge in [0, 0.05) is 42.5 Å². The van der Waals surface area contributed by atoms with Gasteiger partial charge in [0.1, 0.15) is 0 Å². The molecule has 1 aliphatic carbocycles. The summed E-state index contributed by atoms with van der Waals surface area (Å²) < 4.78 is 2.19. The number of likely N-dealkylation sites (tertiary alicyclic amines) is 1. The Morgan fingerprint density at radius 1 is 1.33 bits per heavy atom. The molecule has 1 saturated carbocycles. The van der Waals surface area contributed by atoms with Crippen LogP contribution in [-0.2, 0) is 6.54 Å². The Morgan fingerprint density at radius 3 is 2.71 bits per heavy atom. The SMILES string of the molecule is CCn1c(C)cc(C(=O)CN2CC3CCC(O)C3C2)c1C. The molecule has 2 fully saturated rings. The fourth-order valence-corrected chi connectivity index (χ4v) is 4.32. The number of rotatable bonds is 4. The van der Waals surface area contributed by atoms with Crippen molar-refractivity contribution in [2.75, 3.05) is 19.6 Å². The second-order valence-corrected chi connectivity index (χ2v) is 6.71. The Balaban J connectivity index is 1.68. The van der Waals surface area contributed by atoms with E-state index in [-0.39, 0.29) is 11.9 Å². The van der Waals surface area contributed by atoms with Gasteiger partial charge in [-0.05, 0) is 45.6 Å². The first-order valence-electron chi connectivity index (χ1n) is 8.11. The largest absolute Gasteiger partial charge is 0.393 e. The number of aliphatic hydroxyl groups is 1. The van der Waals surface area contributed by atoms with Crippen molar-refractivity contribution in [3.8, 4) is 0 Å². The monoisotopic (exact) mass is 290 g/mol. The number of carbonyl (C=O) groups is 1. The van der Waals surface area contributed by atoms with Crippen LogP contribution in [0, 0.1) is 25.7 Å². The van der Waals surface area contributed by atoms with Gasteiger partial charge in [-0.1, -0.05) is 0 Å². The first-order valence-corrected chi connectivity index (χ1v) is 8.11. The molecule has 3 atom stereocenters. The van der Waals surface area contributed by atoms with Crippen LogP contribution in [-0.4, -0.2) is 46.1 Å². The molecule has 1 N–H and O–H groups in total. The lowest BCUT2D eigenvalue weighted by Gasteiger charge is -2.17. The topological polar surface area (TPSA) is 45.5 Å².